The Morgan fingerprint density at radius 2 is 1.86 bits per heavy atom. The monoisotopic (exact) mass is 411 g/mol. The molecule has 4 rings (SSSR count). The van der Waals surface area contributed by atoms with Crippen LogP contribution >= 0.6 is 11.8 Å². The summed E-state index contributed by atoms with van der Waals surface area (Å²) in [4.78, 5) is 30.1. The number of thioether (sulfide) groups is 1. The predicted octanol–water partition coefficient (Wildman–Crippen LogP) is 4.06. The Bertz CT molecular complexity index is 1080. The zero-order valence-electron chi connectivity index (χ0n) is 15.9. The molecular weight excluding hydrogens is 389 g/mol. The number of halogens is 1. The SMILES string of the molecule is O=C(CSc1nc2ccccc2c(=O)n1C1CCCC1)NCc1ccc(F)cc1. The van der Waals surface area contributed by atoms with E-state index in [0.29, 0.717) is 22.6 Å². The molecule has 2 aromatic carbocycles. The number of carbonyl (C=O) groups is 1. The highest BCUT2D eigenvalue weighted by Gasteiger charge is 2.23. The molecule has 3 aromatic rings. The molecule has 150 valence electrons. The molecule has 1 aliphatic carbocycles. The molecule has 0 unspecified atom stereocenters. The zero-order chi connectivity index (χ0) is 20.2. The molecule has 0 saturated heterocycles. The molecule has 1 saturated carbocycles. The minimum atomic E-state index is -0.303. The van der Waals surface area contributed by atoms with Gasteiger partial charge in [-0.3, -0.25) is 14.2 Å². The maximum Gasteiger partial charge on any atom is 0.262 e. The molecule has 29 heavy (non-hydrogen) atoms. The molecule has 0 atom stereocenters. The van der Waals surface area contributed by atoms with Crippen LogP contribution in [0.3, 0.4) is 0 Å². The quantitative estimate of drug-likeness (QED) is 0.491. The van der Waals surface area contributed by atoms with Crippen LogP contribution < -0.4 is 10.9 Å². The molecule has 1 N–H and O–H groups in total. The van der Waals surface area contributed by atoms with Gasteiger partial charge < -0.3 is 5.32 Å². The van der Waals surface area contributed by atoms with E-state index in [0.717, 1.165) is 31.2 Å². The fraction of sp³-hybridized carbons (Fsp3) is 0.318. The number of carbonyl (C=O) groups excluding carboxylic acids is 1. The Balaban J connectivity index is 1.50. The second kappa shape index (κ2) is 8.78. The van der Waals surface area contributed by atoms with E-state index in [9.17, 15) is 14.0 Å². The maximum atomic E-state index is 13.1. The van der Waals surface area contributed by atoms with Crippen molar-refractivity contribution in [3.05, 3.63) is 70.3 Å². The van der Waals surface area contributed by atoms with Crippen LogP contribution in [0.15, 0.2) is 58.5 Å². The van der Waals surface area contributed by atoms with Crippen LogP contribution in [0, 0.1) is 5.82 Å². The van der Waals surface area contributed by atoms with Crippen molar-refractivity contribution < 1.29 is 9.18 Å². The van der Waals surface area contributed by atoms with Gasteiger partial charge in [0, 0.05) is 12.6 Å². The van der Waals surface area contributed by atoms with Gasteiger partial charge in [0.05, 0.1) is 16.7 Å². The lowest BCUT2D eigenvalue weighted by molar-refractivity contribution is -0.118. The fourth-order valence-corrected chi connectivity index (χ4v) is 4.59. The summed E-state index contributed by atoms with van der Waals surface area (Å²) in [5.74, 6) is -0.291. The number of para-hydroxylation sites is 1. The van der Waals surface area contributed by atoms with Crippen molar-refractivity contribution in [2.45, 2.75) is 43.4 Å². The standard InChI is InChI=1S/C22H22FN3O2S/c23-16-11-9-15(10-12-16)13-24-20(27)14-29-22-25-19-8-4-3-7-18(19)21(28)26(22)17-5-1-2-6-17/h3-4,7-12,17H,1-2,5-6,13-14H2,(H,24,27). The second-order valence-corrected chi connectivity index (χ2v) is 8.16. The molecule has 0 radical (unpaired) electrons. The van der Waals surface area contributed by atoms with Crippen LogP contribution in [0.5, 0.6) is 0 Å². The van der Waals surface area contributed by atoms with Gasteiger partial charge in [-0.25, -0.2) is 9.37 Å². The van der Waals surface area contributed by atoms with E-state index < -0.39 is 0 Å². The summed E-state index contributed by atoms with van der Waals surface area (Å²) in [6, 6.07) is 13.5. The predicted molar refractivity (Wildman–Crippen MR) is 112 cm³/mol. The van der Waals surface area contributed by atoms with E-state index in [1.807, 2.05) is 18.2 Å². The highest BCUT2D eigenvalue weighted by atomic mass is 32.2. The lowest BCUT2D eigenvalue weighted by atomic mass is 10.2. The van der Waals surface area contributed by atoms with Gasteiger partial charge in [0.15, 0.2) is 5.16 Å². The van der Waals surface area contributed by atoms with Crippen LogP contribution in [0.2, 0.25) is 0 Å². The first kappa shape index (κ1) is 19.6. The molecule has 1 aromatic heterocycles. The molecule has 0 spiro atoms. The van der Waals surface area contributed by atoms with E-state index in [1.54, 1.807) is 22.8 Å². The van der Waals surface area contributed by atoms with Gasteiger partial charge in [0.25, 0.3) is 5.56 Å². The van der Waals surface area contributed by atoms with E-state index in [2.05, 4.69) is 10.3 Å². The highest BCUT2D eigenvalue weighted by Crippen LogP contribution is 2.32. The van der Waals surface area contributed by atoms with Crippen molar-refractivity contribution >= 4 is 28.6 Å². The number of nitrogens with one attached hydrogen (secondary N) is 1. The molecule has 7 heteroatoms. The molecule has 1 aliphatic rings. The maximum absolute atomic E-state index is 13.1. The number of rotatable bonds is 6. The number of hydrogen-bond acceptors (Lipinski definition) is 4. The van der Waals surface area contributed by atoms with E-state index in [-0.39, 0.29) is 29.1 Å². The molecular formula is C22H22FN3O2S. The fourth-order valence-electron chi connectivity index (χ4n) is 3.70. The number of aromatic nitrogens is 2. The molecule has 5 nitrogen and oxygen atoms in total. The lowest BCUT2D eigenvalue weighted by Crippen LogP contribution is -2.28. The summed E-state index contributed by atoms with van der Waals surface area (Å²) in [6.07, 6.45) is 4.13. The average Bonchev–Trinajstić information content (AvgIpc) is 3.26. The van der Waals surface area contributed by atoms with Crippen molar-refractivity contribution in [1.82, 2.24) is 14.9 Å². The first-order valence-corrected chi connectivity index (χ1v) is 10.8. The first-order valence-electron chi connectivity index (χ1n) is 9.77. The molecule has 0 aliphatic heterocycles. The summed E-state index contributed by atoms with van der Waals surface area (Å²) >= 11 is 1.29. The van der Waals surface area contributed by atoms with Gasteiger partial charge in [-0.15, -0.1) is 0 Å². The molecule has 0 bridgehead atoms. The first-order chi connectivity index (χ1) is 14.1. The zero-order valence-corrected chi connectivity index (χ0v) is 16.8. The Hall–Kier alpha value is -2.67. The van der Waals surface area contributed by atoms with E-state index in [4.69, 9.17) is 0 Å². The van der Waals surface area contributed by atoms with Gasteiger partial charge in [-0.2, -0.15) is 0 Å². The Morgan fingerprint density at radius 1 is 1.14 bits per heavy atom. The van der Waals surface area contributed by atoms with Gasteiger partial charge in [-0.1, -0.05) is 48.9 Å². The number of fused-ring (bicyclic) bond motifs is 1. The third-order valence-electron chi connectivity index (χ3n) is 5.20. The summed E-state index contributed by atoms with van der Waals surface area (Å²) in [7, 11) is 0. The minimum Gasteiger partial charge on any atom is -0.351 e. The van der Waals surface area contributed by atoms with Gasteiger partial charge in [0.2, 0.25) is 5.91 Å². The van der Waals surface area contributed by atoms with Crippen LogP contribution in [-0.2, 0) is 11.3 Å². The number of benzene rings is 2. The number of amides is 1. The third kappa shape index (κ3) is 4.50. The highest BCUT2D eigenvalue weighted by molar-refractivity contribution is 7.99. The van der Waals surface area contributed by atoms with Crippen molar-refractivity contribution in [2.75, 3.05) is 5.75 Å². The Labute approximate surface area is 172 Å². The number of hydrogen-bond donors (Lipinski definition) is 1. The van der Waals surface area contributed by atoms with Crippen molar-refractivity contribution in [3.63, 3.8) is 0 Å². The Morgan fingerprint density at radius 3 is 2.62 bits per heavy atom. The van der Waals surface area contributed by atoms with Crippen LogP contribution in [0.1, 0.15) is 37.3 Å². The van der Waals surface area contributed by atoms with Crippen LogP contribution in [0.4, 0.5) is 4.39 Å². The Kier molecular flexibility index (Phi) is 5.94. The van der Waals surface area contributed by atoms with Crippen molar-refractivity contribution in [1.29, 1.82) is 0 Å². The molecule has 1 heterocycles. The summed E-state index contributed by atoms with van der Waals surface area (Å²) < 4.78 is 14.8. The normalized spacial score (nSPS) is 14.4. The largest absolute Gasteiger partial charge is 0.351 e. The minimum absolute atomic E-state index is 0.0308. The topological polar surface area (TPSA) is 64.0 Å². The number of nitrogens with zero attached hydrogens (tertiary/aromatic N) is 2. The summed E-state index contributed by atoms with van der Waals surface area (Å²) in [5, 5.41) is 4.04. The average molecular weight is 412 g/mol. The lowest BCUT2D eigenvalue weighted by Gasteiger charge is -2.18. The third-order valence-corrected chi connectivity index (χ3v) is 6.15. The van der Waals surface area contributed by atoms with Crippen LogP contribution in [-0.4, -0.2) is 21.2 Å². The van der Waals surface area contributed by atoms with Crippen molar-refractivity contribution in [3.8, 4) is 0 Å². The molecule has 1 fully saturated rings. The second-order valence-electron chi connectivity index (χ2n) is 7.22. The van der Waals surface area contributed by atoms with E-state index in [1.165, 1.54) is 23.9 Å². The van der Waals surface area contributed by atoms with Gasteiger partial charge in [0.1, 0.15) is 5.82 Å². The smallest absolute Gasteiger partial charge is 0.262 e. The van der Waals surface area contributed by atoms with Gasteiger partial charge in [-0.05, 0) is 42.7 Å². The van der Waals surface area contributed by atoms with Crippen LogP contribution in [0.25, 0.3) is 10.9 Å². The van der Waals surface area contributed by atoms with E-state index >= 15 is 0 Å². The van der Waals surface area contributed by atoms with Gasteiger partial charge >= 0.3 is 0 Å². The van der Waals surface area contributed by atoms with Crippen molar-refractivity contribution in [2.24, 2.45) is 0 Å². The summed E-state index contributed by atoms with van der Waals surface area (Å²) in [5.41, 5.74) is 1.45. The molecule has 1 amide bonds. The summed E-state index contributed by atoms with van der Waals surface area (Å²) in [6.45, 7) is 0.334.